The van der Waals surface area contributed by atoms with Crippen LogP contribution in [-0.4, -0.2) is 31.2 Å². The number of benzene rings is 2. The van der Waals surface area contributed by atoms with Crippen molar-refractivity contribution in [2.75, 3.05) is 31.1 Å². The van der Waals surface area contributed by atoms with Crippen LogP contribution in [0.1, 0.15) is 11.1 Å². The summed E-state index contributed by atoms with van der Waals surface area (Å²) >= 11 is 0. The first kappa shape index (κ1) is 20.1. The number of aromatic nitrogens is 1. The molecule has 144 valence electrons. The second kappa shape index (κ2) is 9.49. The molecule has 0 amide bonds. The van der Waals surface area contributed by atoms with Crippen molar-refractivity contribution in [1.82, 2.24) is 10.3 Å². The van der Waals surface area contributed by atoms with Crippen LogP contribution in [0.25, 0.3) is 23.3 Å². The summed E-state index contributed by atoms with van der Waals surface area (Å²) in [6, 6.07) is 17.4. The van der Waals surface area contributed by atoms with Gasteiger partial charge in [0.2, 0.25) is 0 Å². The summed E-state index contributed by atoms with van der Waals surface area (Å²) in [5.74, 6) is -0.238. The van der Waals surface area contributed by atoms with Gasteiger partial charge in [-0.1, -0.05) is 24.3 Å². The van der Waals surface area contributed by atoms with Crippen LogP contribution in [0.4, 0.5) is 10.1 Å². The number of pyridine rings is 1. The first-order chi connectivity index (χ1) is 13.3. The molecule has 0 aliphatic carbocycles. The summed E-state index contributed by atoms with van der Waals surface area (Å²) in [7, 11) is 0. The SMILES string of the molecule is Cl.Fc1cc(/C=C/c2ccc(N3CCNCC3)cc2)cc(-c2ccncc2)c1. The van der Waals surface area contributed by atoms with E-state index in [1.807, 2.05) is 30.4 Å². The molecule has 3 aromatic rings. The van der Waals surface area contributed by atoms with E-state index in [1.54, 1.807) is 24.5 Å². The van der Waals surface area contributed by atoms with Crippen molar-refractivity contribution in [2.24, 2.45) is 0 Å². The average Bonchev–Trinajstić information content (AvgIpc) is 2.73. The number of anilines is 1. The zero-order chi connectivity index (χ0) is 18.5. The van der Waals surface area contributed by atoms with Gasteiger partial charge in [-0.3, -0.25) is 4.98 Å². The summed E-state index contributed by atoms with van der Waals surface area (Å²) in [6.07, 6.45) is 7.41. The highest BCUT2D eigenvalue weighted by Gasteiger charge is 2.09. The molecule has 0 atom stereocenters. The summed E-state index contributed by atoms with van der Waals surface area (Å²) in [5.41, 5.74) is 5.00. The fraction of sp³-hybridized carbons (Fsp3) is 0.174. The fourth-order valence-electron chi connectivity index (χ4n) is 3.33. The molecule has 0 bridgehead atoms. The average molecular weight is 396 g/mol. The van der Waals surface area contributed by atoms with Crippen molar-refractivity contribution in [1.29, 1.82) is 0 Å². The van der Waals surface area contributed by atoms with E-state index in [-0.39, 0.29) is 18.2 Å². The lowest BCUT2D eigenvalue weighted by molar-refractivity contribution is 0.589. The monoisotopic (exact) mass is 395 g/mol. The predicted molar refractivity (Wildman–Crippen MR) is 117 cm³/mol. The molecule has 1 N–H and O–H groups in total. The molecule has 1 aromatic heterocycles. The van der Waals surface area contributed by atoms with Gasteiger partial charge in [0.05, 0.1) is 0 Å². The van der Waals surface area contributed by atoms with Crippen molar-refractivity contribution in [2.45, 2.75) is 0 Å². The van der Waals surface area contributed by atoms with E-state index in [1.165, 1.54) is 5.69 Å². The highest BCUT2D eigenvalue weighted by molar-refractivity contribution is 5.85. The van der Waals surface area contributed by atoms with Crippen molar-refractivity contribution in [3.05, 3.63) is 83.9 Å². The van der Waals surface area contributed by atoms with Gasteiger partial charge in [-0.05, 0) is 64.7 Å². The third-order valence-corrected chi connectivity index (χ3v) is 4.78. The highest BCUT2D eigenvalue weighted by atomic mass is 35.5. The molecule has 4 rings (SSSR count). The van der Waals surface area contributed by atoms with Crippen molar-refractivity contribution in [3.8, 4) is 11.1 Å². The molecule has 0 saturated carbocycles. The van der Waals surface area contributed by atoms with Gasteiger partial charge in [-0.15, -0.1) is 12.4 Å². The first-order valence-corrected chi connectivity index (χ1v) is 9.23. The normalized spacial score (nSPS) is 14.1. The molecule has 5 heteroatoms. The molecule has 1 aliphatic rings. The Morgan fingerprint density at radius 2 is 1.50 bits per heavy atom. The van der Waals surface area contributed by atoms with E-state index in [4.69, 9.17) is 0 Å². The number of nitrogens with one attached hydrogen (secondary N) is 1. The minimum atomic E-state index is -0.238. The minimum Gasteiger partial charge on any atom is -0.369 e. The summed E-state index contributed by atoms with van der Waals surface area (Å²) in [4.78, 5) is 6.40. The van der Waals surface area contributed by atoms with Gasteiger partial charge in [-0.2, -0.15) is 0 Å². The Kier molecular flexibility index (Phi) is 6.80. The smallest absolute Gasteiger partial charge is 0.124 e. The molecule has 28 heavy (non-hydrogen) atoms. The number of halogens is 2. The van der Waals surface area contributed by atoms with Crippen LogP contribution in [0.3, 0.4) is 0 Å². The van der Waals surface area contributed by atoms with Gasteiger partial charge in [0.15, 0.2) is 0 Å². The fourth-order valence-corrected chi connectivity index (χ4v) is 3.33. The third-order valence-electron chi connectivity index (χ3n) is 4.78. The van der Waals surface area contributed by atoms with Crippen molar-refractivity contribution >= 4 is 30.2 Å². The lowest BCUT2D eigenvalue weighted by Crippen LogP contribution is -2.43. The van der Waals surface area contributed by atoms with E-state index >= 15 is 0 Å². The number of nitrogens with zero attached hydrogens (tertiary/aromatic N) is 2. The zero-order valence-electron chi connectivity index (χ0n) is 15.5. The quantitative estimate of drug-likeness (QED) is 0.637. The van der Waals surface area contributed by atoms with Gasteiger partial charge < -0.3 is 10.2 Å². The molecule has 1 fully saturated rings. The van der Waals surface area contributed by atoms with Crippen LogP contribution >= 0.6 is 12.4 Å². The molecule has 1 aliphatic heterocycles. The molecular weight excluding hydrogens is 373 g/mol. The predicted octanol–water partition coefficient (Wildman–Crippen LogP) is 4.89. The lowest BCUT2D eigenvalue weighted by Gasteiger charge is -2.29. The number of piperazine rings is 1. The van der Waals surface area contributed by atoms with E-state index in [0.29, 0.717) is 0 Å². The topological polar surface area (TPSA) is 28.2 Å². The molecule has 0 radical (unpaired) electrons. The van der Waals surface area contributed by atoms with Crippen LogP contribution in [0.5, 0.6) is 0 Å². The Bertz CT molecular complexity index is 920. The molecule has 1 saturated heterocycles. The summed E-state index contributed by atoms with van der Waals surface area (Å²) in [6.45, 7) is 4.13. The standard InChI is InChI=1S/C23H22FN3.ClH/c24-22-16-19(15-21(17-22)20-7-9-25-10-8-20)2-1-18-3-5-23(6-4-18)27-13-11-26-12-14-27;/h1-10,15-17,26H,11-14H2;1H/b2-1+;. The molecular formula is C23H23ClFN3. The number of rotatable bonds is 4. The lowest BCUT2D eigenvalue weighted by atomic mass is 10.0. The van der Waals surface area contributed by atoms with Crippen molar-refractivity contribution in [3.63, 3.8) is 0 Å². The second-order valence-electron chi connectivity index (χ2n) is 6.67. The first-order valence-electron chi connectivity index (χ1n) is 9.23. The Morgan fingerprint density at radius 3 is 2.21 bits per heavy atom. The number of hydrogen-bond donors (Lipinski definition) is 1. The largest absolute Gasteiger partial charge is 0.369 e. The molecule has 0 unspecified atom stereocenters. The van der Waals surface area contributed by atoms with Gasteiger partial charge in [0.25, 0.3) is 0 Å². The van der Waals surface area contributed by atoms with Crippen LogP contribution < -0.4 is 10.2 Å². The van der Waals surface area contributed by atoms with Gasteiger partial charge in [-0.25, -0.2) is 4.39 Å². The zero-order valence-corrected chi connectivity index (χ0v) is 16.3. The van der Waals surface area contributed by atoms with Crippen molar-refractivity contribution < 1.29 is 4.39 Å². The van der Waals surface area contributed by atoms with Crippen LogP contribution in [-0.2, 0) is 0 Å². The molecule has 2 heterocycles. The molecule has 2 aromatic carbocycles. The number of hydrogen-bond acceptors (Lipinski definition) is 3. The van der Waals surface area contributed by atoms with E-state index in [0.717, 1.165) is 48.4 Å². The third kappa shape index (κ3) is 4.97. The highest BCUT2D eigenvalue weighted by Crippen LogP contribution is 2.23. The van der Waals surface area contributed by atoms with E-state index < -0.39 is 0 Å². The van der Waals surface area contributed by atoms with E-state index in [2.05, 4.69) is 39.5 Å². The van der Waals surface area contributed by atoms with Gasteiger partial charge in [0.1, 0.15) is 5.82 Å². The maximum absolute atomic E-state index is 14.0. The molecule has 0 spiro atoms. The maximum atomic E-state index is 14.0. The Hall–Kier alpha value is -2.69. The van der Waals surface area contributed by atoms with Crippen LogP contribution in [0.15, 0.2) is 67.0 Å². The van der Waals surface area contributed by atoms with Gasteiger partial charge in [0, 0.05) is 44.3 Å². The van der Waals surface area contributed by atoms with Crippen LogP contribution in [0, 0.1) is 5.82 Å². The molecule has 3 nitrogen and oxygen atoms in total. The van der Waals surface area contributed by atoms with Crippen LogP contribution in [0.2, 0.25) is 0 Å². The summed E-state index contributed by atoms with van der Waals surface area (Å²) in [5, 5.41) is 3.37. The minimum absolute atomic E-state index is 0. The van der Waals surface area contributed by atoms with Gasteiger partial charge >= 0.3 is 0 Å². The van der Waals surface area contributed by atoms with E-state index in [9.17, 15) is 4.39 Å². The Labute approximate surface area is 171 Å². The second-order valence-corrected chi connectivity index (χ2v) is 6.67. The Morgan fingerprint density at radius 1 is 0.821 bits per heavy atom. The Balaban J connectivity index is 0.00000225. The summed E-state index contributed by atoms with van der Waals surface area (Å²) < 4.78 is 14.0. The maximum Gasteiger partial charge on any atom is 0.124 e.